The van der Waals surface area contributed by atoms with Crippen LogP contribution in [-0.4, -0.2) is 9.13 Å². The van der Waals surface area contributed by atoms with E-state index in [1.807, 2.05) is 48.5 Å². The molecule has 20 aromatic rings. The van der Waals surface area contributed by atoms with Crippen LogP contribution in [0.1, 0.15) is 5.56 Å². The second kappa shape index (κ2) is 31.5. The summed E-state index contributed by atoms with van der Waals surface area (Å²) >= 11 is 0. The number of hydrogen-bond donors (Lipinski definition) is 0. The van der Waals surface area contributed by atoms with Crippen LogP contribution in [0.4, 0.5) is 51.7 Å². The average Bonchev–Trinajstić information content (AvgIpc) is 1.61. The quantitative estimate of drug-likeness (QED) is 0.0897. The lowest BCUT2D eigenvalue weighted by Gasteiger charge is -2.26. The maximum absolute atomic E-state index is 13.7. The van der Waals surface area contributed by atoms with Gasteiger partial charge in [0.15, 0.2) is 0 Å². The van der Waals surface area contributed by atoms with Crippen molar-refractivity contribution in [2.24, 2.45) is 0 Å². The van der Waals surface area contributed by atoms with Gasteiger partial charge in [0.1, 0.15) is 5.82 Å². The molecular weight excluding hydrogens is 1440 g/mol. The Hall–Kier alpha value is -15.1. The first kappa shape index (κ1) is 72.1. The fraction of sp³-hybridized carbons (Fsp3) is 0.00917. The highest BCUT2D eigenvalue weighted by Crippen LogP contribution is 2.43. The summed E-state index contributed by atoms with van der Waals surface area (Å²) in [5, 5.41) is 4.99. The van der Waals surface area contributed by atoms with Crippen LogP contribution >= 0.6 is 0 Å². The highest BCUT2D eigenvalue weighted by Gasteiger charge is 2.30. The van der Waals surface area contributed by atoms with Crippen molar-refractivity contribution in [3.05, 3.63) is 460 Å². The van der Waals surface area contributed by atoms with Gasteiger partial charge in [0.05, 0.1) is 27.6 Å². The normalized spacial score (nSPS) is 11.4. The van der Waals surface area contributed by atoms with Gasteiger partial charge in [-0.2, -0.15) is 13.2 Å². The Morgan fingerprint density at radius 2 is 0.342 bits per heavy atom. The molecule has 0 unspecified atom stereocenters. The minimum Gasteiger partial charge on any atom is -0.311 e. The molecule has 0 radical (unpaired) electrons. The van der Waals surface area contributed by atoms with Gasteiger partial charge in [0.25, 0.3) is 0 Å². The Bertz CT molecular complexity index is 6740. The van der Waals surface area contributed by atoms with Gasteiger partial charge >= 0.3 is 6.18 Å². The number of anilines is 6. The molecule has 0 saturated carbocycles. The van der Waals surface area contributed by atoms with E-state index in [4.69, 9.17) is 0 Å². The molecule has 0 aliphatic carbocycles. The molecule has 4 nitrogen and oxygen atoms in total. The molecule has 0 spiro atoms. The SMILES string of the molecule is FC(F)(F)c1ccc(-c2ccc(N(c3ccc(-c4ccc(-c5ccccc5)cc4)cc3)c3ccc(-c4ccc(-n5c6ccccc6c6ccccc65)cc4)cc3)cc2)cc1.Fc1ccc(-c2ccc(N(c3ccc(-c4ccc(-c5ccccc5)cc4)cc3)c3ccc(-c4ccc(-n5c6ccccc6c6ccccc65)cc4)cc3)cc2)cc1. The summed E-state index contributed by atoms with van der Waals surface area (Å²) in [5.74, 6) is -0.236. The predicted molar refractivity (Wildman–Crippen MR) is 479 cm³/mol. The molecule has 8 heteroatoms. The second-order valence-corrected chi connectivity index (χ2v) is 29.3. The number of hydrogen-bond acceptors (Lipinski definition) is 2. The van der Waals surface area contributed by atoms with E-state index in [0.29, 0.717) is 0 Å². The van der Waals surface area contributed by atoms with Crippen LogP contribution < -0.4 is 9.80 Å². The van der Waals surface area contributed by atoms with Crippen LogP contribution in [-0.2, 0) is 6.18 Å². The van der Waals surface area contributed by atoms with Crippen molar-refractivity contribution in [3.63, 3.8) is 0 Å². The molecular formula is C109H74F4N4. The van der Waals surface area contributed by atoms with Crippen molar-refractivity contribution in [2.75, 3.05) is 9.80 Å². The molecule has 0 saturated heterocycles. The Labute approximate surface area is 676 Å². The van der Waals surface area contributed by atoms with E-state index in [2.05, 4.69) is 383 Å². The third-order valence-electron chi connectivity index (χ3n) is 22.2. The first-order chi connectivity index (χ1) is 57.5. The first-order valence-corrected chi connectivity index (χ1v) is 39.2. The summed E-state index contributed by atoms with van der Waals surface area (Å²) in [4.78, 5) is 4.49. The number of nitrogens with zero attached hydrogens (tertiary/aromatic N) is 4. The molecule has 117 heavy (non-hydrogen) atoms. The number of rotatable bonds is 16. The summed E-state index contributed by atoms with van der Waals surface area (Å²) in [6.07, 6.45) is -4.38. The van der Waals surface area contributed by atoms with Crippen LogP contribution in [0.15, 0.2) is 449 Å². The third-order valence-corrected chi connectivity index (χ3v) is 22.2. The molecule has 0 bridgehead atoms. The smallest absolute Gasteiger partial charge is 0.311 e. The van der Waals surface area contributed by atoms with Crippen molar-refractivity contribution in [2.45, 2.75) is 6.18 Å². The molecule has 0 amide bonds. The number of benzene rings is 18. The van der Waals surface area contributed by atoms with E-state index in [1.54, 1.807) is 0 Å². The van der Waals surface area contributed by atoms with Crippen LogP contribution in [0.2, 0.25) is 0 Å². The lowest BCUT2D eigenvalue weighted by molar-refractivity contribution is -0.137. The lowest BCUT2D eigenvalue weighted by atomic mass is 10.00. The van der Waals surface area contributed by atoms with Crippen molar-refractivity contribution >= 4 is 77.7 Å². The monoisotopic (exact) mass is 1510 g/mol. The molecule has 20 rings (SSSR count). The summed E-state index contributed by atoms with van der Waals surface area (Å²) in [6, 6.07) is 153. The van der Waals surface area contributed by atoms with Gasteiger partial charge in [-0.25, -0.2) is 4.39 Å². The predicted octanol–water partition coefficient (Wildman–Crippen LogP) is 31.0. The minimum absolute atomic E-state index is 0.236. The Kier molecular flexibility index (Phi) is 19.4. The second-order valence-electron chi connectivity index (χ2n) is 29.3. The molecule has 2 heterocycles. The Morgan fingerprint density at radius 3 is 0.564 bits per heavy atom. The Balaban J connectivity index is 0.000000156. The number of alkyl halides is 3. The van der Waals surface area contributed by atoms with Crippen LogP contribution in [0, 0.1) is 5.82 Å². The standard InChI is InChI=1S/C55H37F3N2.C54H37FN2/c56-55(57,58)46-28-18-41(19-29-46)43-22-32-48(33-23-43)59(47-30-20-42(21-31-47)40-16-14-39(15-17-40)38-8-2-1-3-9-38)49-34-24-44(25-35-49)45-26-36-50(37-27-45)60-53-12-6-4-10-51(53)52-11-5-7-13-54(52)60;55-46-28-18-41(19-29-46)43-22-32-48(33-23-43)56(47-30-20-42(21-31-47)40-16-14-39(15-17-40)38-8-2-1-3-9-38)49-34-24-44(25-35-49)45-26-36-50(37-27-45)57-53-12-6-4-10-51(53)52-11-5-7-13-54(52)57/h1-37H;1-37H. The third kappa shape index (κ3) is 14.7. The highest BCUT2D eigenvalue weighted by atomic mass is 19.4. The van der Waals surface area contributed by atoms with E-state index in [0.717, 1.165) is 119 Å². The molecule has 0 fully saturated rings. The van der Waals surface area contributed by atoms with Crippen LogP contribution in [0.3, 0.4) is 0 Å². The average molecular weight is 1520 g/mol. The number of fused-ring (bicyclic) bond motifs is 6. The van der Waals surface area contributed by atoms with E-state index < -0.39 is 11.7 Å². The zero-order valence-corrected chi connectivity index (χ0v) is 63.5. The fourth-order valence-corrected chi connectivity index (χ4v) is 16.2. The number of para-hydroxylation sites is 4. The molecule has 0 aliphatic rings. The van der Waals surface area contributed by atoms with Crippen molar-refractivity contribution in [1.82, 2.24) is 9.13 Å². The van der Waals surface area contributed by atoms with E-state index in [9.17, 15) is 17.6 Å². The van der Waals surface area contributed by atoms with Gasteiger partial charge < -0.3 is 18.9 Å². The molecule has 0 aliphatic heterocycles. The molecule has 0 N–H and O–H groups in total. The fourth-order valence-electron chi connectivity index (χ4n) is 16.2. The lowest BCUT2D eigenvalue weighted by Crippen LogP contribution is -2.09. The first-order valence-electron chi connectivity index (χ1n) is 39.2. The van der Waals surface area contributed by atoms with Gasteiger partial charge in [-0.05, 0) is 235 Å². The van der Waals surface area contributed by atoms with Crippen molar-refractivity contribution in [3.8, 4) is 100 Å². The summed E-state index contributed by atoms with van der Waals surface area (Å²) in [6.45, 7) is 0. The van der Waals surface area contributed by atoms with Crippen LogP contribution in [0.25, 0.3) is 144 Å². The molecule has 18 aromatic carbocycles. The molecule has 2 aromatic heterocycles. The maximum atomic E-state index is 13.7. The van der Waals surface area contributed by atoms with E-state index in [1.165, 1.54) is 95.7 Å². The largest absolute Gasteiger partial charge is 0.416 e. The topological polar surface area (TPSA) is 16.3 Å². The summed E-state index contributed by atoms with van der Waals surface area (Å²) < 4.78 is 58.1. The van der Waals surface area contributed by atoms with Gasteiger partial charge in [-0.15, -0.1) is 0 Å². The van der Waals surface area contributed by atoms with Gasteiger partial charge in [-0.1, -0.05) is 303 Å². The Morgan fingerprint density at radius 1 is 0.171 bits per heavy atom. The number of halogens is 4. The zero-order chi connectivity index (χ0) is 78.8. The van der Waals surface area contributed by atoms with Gasteiger partial charge in [-0.3, -0.25) is 0 Å². The van der Waals surface area contributed by atoms with E-state index >= 15 is 0 Å². The summed E-state index contributed by atoms with van der Waals surface area (Å²) in [7, 11) is 0. The zero-order valence-electron chi connectivity index (χ0n) is 63.5. The van der Waals surface area contributed by atoms with Gasteiger partial charge in [0.2, 0.25) is 0 Å². The molecule has 558 valence electrons. The van der Waals surface area contributed by atoms with E-state index in [-0.39, 0.29) is 5.82 Å². The maximum Gasteiger partial charge on any atom is 0.416 e. The van der Waals surface area contributed by atoms with Crippen molar-refractivity contribution in [1.29, 1.82) is 0 Å². The minimum atomic E-state index is -4.38. The summed E-state index contributed by atoms with van der Waals surface area (Å²) in [5.41, 5.74) is 29.8. The van der Waals surface area contributed by atoms with Crippen LogP contribution in [0.5, 0.6) is 0 Å². The van der Waals surface area contributed by atoms with Crippen molar-refractivity contribution < 1.29 is 17.6 Å². The highest BCUT2D eigenvalue weighted by molar-refractivity contribution is 6.10. The van der Waals surface area contributed by atoms with Gasteiger partial charge in [0, 0.05) is 67.0 Å². The molecule has 0 atom stereocenters. The number of aromatic nitrogens is 2.